The first-order chi connectivity index (χ1) is 7.50. The molecular formula is C13H18ClFO. The van der Waals surface area contributed by atoms with E-state index in [-0.39, 0.29) is 17.8 Å². The van der Waals surface area contributed by atoms with E-state index in [9.17, 15) is 9.50 Å². The third kappa shape index (κ3) is 3.46. The zero-order chi connectivity index (χ0) is 12.2. The van der Waals surface area contributed by atoms with Crippen LogP contribution in [0.4, 0.5) is 4.39 Å². The molecule has 1 rings (SSSR count). The van der Waals surface area contributed by atoms with Crippen LogP contribution in [-0.2, 0) is 6.42 Å². The van der Waals surface area contributed by atoms with Gasteiger partial charge in [0.15, 0.2) is 0 Å². The zero-order valence-electron chi connectivity index (χ0n) is 9.76. The number of aliphatic hydroxyl groups is 1. The molecule has 0 aliphatic rings. The topological polar surface area (TPSA) is 20.2 Å². The van der Waals surface area contributed by atoms with E-state index in [1.807, 2.05) is 6.92 Å². The Kier molecular flexibility index (Phi) is 4.75. The smallest absolute Gasteiger partial charge is 0.123 e. The third-order valence-electron chi connectivity index (χ3n) is 2.86. The molecule has 0 saturated carbocycles. The lowest BCUT2D eigenvalue weighted by Crippen LogP contribution is -2.24. The predicted octanol–water partition coefficient (Wildman–Crippen LogP) is 3.82. The maximum absolute atomic E-state index is 13.1. The summed E-state index contributed by atoms with van der Waals surface area (Å²) >= 11 is 6.01. The summed E-state index contributed by atoms with van der Waals surface area (Å²) in [6, 6.07) is 4.36. The highest BCUT2D eigenvalue weighted by molar-refractivity contribution is 6.31. The molecule has 0 bridgehead atoms. The number of benzene rings is 1. The number of aliphatic hydroxyl groups excluding tert-OH is 1. The fourth-order valence-corrected chi connectivity index (χ4v) is 2.15. The van der Waals surface area contributed by atoms with Gasteiger partial charge in [-0.1, -0.05) is 31.9 Å². The van der Waals surface area contributed by atoms with E-state index in [1.54, 1.807) is 6.07 Å². The molecule has 90 valence electrons. The van der Waals surface area contributed by atoms with Crippen LogP contribution in [0.5, 0.6) is 0 Å². The molecule has 0 aliphatic carbocycles. The molecule has 1 N–H and O–H groups in total. The maximum atomic E-state index is 13.1. The Morgan fingerprint density at radius 1 is 1.44 bits per heavy atom. The molecule has 1 unspecified atom stereocenters. The van der Waals surface area contributed by atoms with Gasteiger partial charge >= 0.3 is 0 Å². The van der Waals surface area contributed by atoms with E-state index in [2.05, 4.69) is 6.92 Å². The number of hydrogen-bond donors (Lipinski definition) is 1. The van der Waals surface area contributed by atoms with Crippen molar-refractivity contribution < 1.29 is 9.50 Å². The molecule has 0 heterocycles. The normalized spacial score (nSPS) is 14.8. The van der Waals surface area contributed by atoms with Gasteiger partial charge in [0.1, 0.15) is 5.82 Å². The highest BCUT2D eigenvalue weighted by atomic mass is 35.5. The molecule has 0 aliphatic heterocycles. The molecule has 0 saturated heterocycles. The number of hydrogen-bond acceptors (Lipinski definition) is 1. The van der Waals surface area contributed by atoms with Crippen molar-refractivity contribution in [1.29, 1.82) is 0 Å². The fraction of sp³-hybridized carbons (Fsp3) is 0.538. The van der Waals surface area contributed by atoms with Crippen LogP contribution in [0.1, 0.15) is 32.3 Å². The summed E-state index contributed by atoms with van der Waals surface area (Å²) in [5.74, 6) is -0.281. The summed E-state index contributed by atoms with van der Waals surface area (Å²) in [5, 5.41) is 9.97. The van der Waals surface area contributed by atoms with Crippen LogP contribution in [0.25, 0.3) is 0 Å². The van der Waals surface area contributed by atoms with Gasteiger partial charge in [0.05, 0.1) is 0 Å². The average Bonchev–Trinajstić information content (AvgIpc) is 2.24. The summed E-state index contributed by atoms with van der Waals surface area (Å²) in [4.78, 5) is 0. The van der Waals surface area contributed by atoms with E-state index in [4.69, 9.17) is 11.6 Å². The molecule has 1 nitrogen and oxygen atoms in total. The van der Waals surface area contributed by atoms with Crippen molar-refractivity contribution in [2.75, 3.05) is 6.61 Å². The van der Waals surface area contributed by atoms with Crippen molar-refractivity contribution in [3.8, 4) is 0 Å². The van der Waals surface area contributed by atoms with E-state index in [1.165, 1.54) is 12.1 Å². The quantitative estimate of drug-likeness (QED) is 0.835. The minimum Gasteiger partial charge on any atom is -0.396 e. The molecule has 1 atom stereocenters. The molecule has 1 aromatic rings. The van der Waals surface area contributed by atoms with Crippen LogP contribution in [0, 0.1) is 11.2 Å². The van der Waals surface area contributed by atoms with Crippen LogP contribution >= 0.6 is 11.6 Å². The molecule has 0 amide bonds. The lowest BCUT2D eigenvalue weighted by atomic mass is 9.80. The van der Waals surface area contributed by atoms with Gasteiger partial charge in [-0.05, 0) is 42.0 Å². The Balaban J connectivity index is 2.89. The van der Waals surface area contributed by atoms with Crippen LogP contribution in [0.3, 0.4) is 0 Å². The largest absolute Gasteiger partial charge is 0.396 e. The van der Waals surface area contributed by atoms with Crippen LogP contribution in [0.15, 0.2) is 18.2 Å². The van der Waals surface area contributed by atoms with Crippen LogP contribution in [0.2, 0.25) is 5.02 Å². The molecule has 0 radical (unpaired) electrons. The third-order valence-corrected chi connectivity index (χ3v) is 3.23. The first-order valence-corrected chi connectivity index (χ1v) is 5.93. The average molecular weight is 245 g/mol. The Morgan fingerprint density at radius 3 is 2.69 bits per heavy atom. The van der Waals surface area contributed by atoms with E-state index >= 15 is 0 Å². The highest BCUT2D eigenvalue weighted by Crippen LogP contribution is 2.30. The van der Waals surface area contributed by atoms with Gasteiger partial charge in [0.2, 0.25) is 0 Å². The molecule has 3 heteroatoms. The predicted molar refractivity (Wildman–Crippen MR) is 65.2 cm³/mol. The SMILES string of the molecule is CCCC(C)(CO)Cc1cc(F)ccc1Cl. The van der Waals surface area contributed by atoms with E-state index < -0.39 is 0 Å². The monoisotopic (exact) mass is 244 g/mol. The zero-order valence-corrected chi connectivity index (χ0v) is 10.5. The minimum atomic E-state index is -0.281. The van der Waals surface area contributed by atoms with Gasteiger partial charge < -0.3 is 5.11 Å². The molecule has 1 aromatic carbocycles. The molecular weight excluding hydrogens is 227 g/mol. The molecule has 0 aromatic heterocycles. The van der Waals surface area contributed by atoms with Crippen molar-refractivity contribution >= 4 is 11.6 Å². The van der Waals surface area contributed by atoms with Crippen molar-refractivity contribution in [1.82, 2.24) is 0 Å². The number of halogens is 2. The van der Waals surface area contributed by atoms with Crippen molar-refractivity contribution in [3.63, 3.8) is 0 Å². The fourth-order valence-electron chi connectivity index (χ4n) is 1.97. The summed E-state index contributed by atoms with van der Waals surface area (Å²) in [6.45, 7) is 4.16. The Bertz CT molecular complexity index is 354. The number of rotatable bonds is 5. The van der Waals surface area contributed by atoms with E-state index in [0.29, 0.717) is 11.4 Å². The van der Waals surface area contributed by atoms with Gasteiger partial charge in [-0.15, -0.1) is 0 Å². The van der Waals surface area contributed by atoms with Crippen LogP contribution in [-0.4, -0.2) is 11.7 Å². The Labute approximate surface area is 101 Å². The second-order valence-electron chi connectivity index (χ2n) is 4.63. The van der Waals surface area contributed by atoms with Gasteiger partial charge in [0, 0.05) is 11.6 Å². The summed E-state index contributed by atoms with van der Waals surface area (Å²) < 4.78 is 13.1. The standard InChI is InChI=1S/C13H18ClFO/c1-3-6-13(2,9-16)8-10-7-11(15)4-5-12(10)14/h4-5,7,16H,3,6,8-9H2,1-2H3. The second kappa shape index (κ2) is 5.65. The van der Waals surface area contributed by atoms with Crippen molar-refractivity contribution in [2.45, 2.75) is 33.1 Å². The molecule has 0 spiro atoms. The van der Waals surface area contributed by atoms with Gasteiger partial charge in [-0.3, -0.25) is 0 Å². The highest BCUT2D eigenvalue weighted by Gasteiger charge is 2.24. The first kappa shape index (κ1) is 13.5. The van der Waals surface area contributed by atoms with Crippen molar-refractivity contribution in [2.24, 2.45) is 5.41 Å². The first-order valence-electron chi connectivity index (χ1n) is 5.55. The second-order valence-corrected chi connectivity index (χ2v) is 5.04. The lowest BCUT2D eigenvalue weighted by molar-refractivity contribution is 0.131. The Hall–Kier alpha value is -0.600. The minimum absolute atomic E-state index is 0.0910. The van der Waals surface area contributed by atoms with Gasteiger partial charge in [-0.2, -0.15) is 0 Å². The van der Waals surface area contributed by atoms with Gasteiger partial charge in [-0.25, -0.2) is 4.39 Å². The lowest BCUT2D eigenvalue weighted by Gasteiger charge is -2.27. The summed E-state index contributed by atoms with van der Waals surface area (Å²) in [6.07, 6.45) is 2.49. The molecule has 16 heavy (non-hydrogen) atoms. The van der Waals surface area contributed by atoms with Crippen LogP contribution < -0.4 is 0 Å². The maximum Gasteiger partial charge on any atom is 0.123 e. The Morgan fingerprint density at radius 2 is 2.12 bits per heavy atom. The van der Waals surface area contributed by atoms with Crippen molar-refractivity contribution in [3.05, 3.63) is 34.6 Å². The van der Waals surface area contributed by atoms with E-state index in [0.717, 1.165) is 18.4 Å². The van der Waals surface area contributed by atoms with Gasteiger partial charge in [0.25, 0.3) is 0 Å². The molecule has 0 fully saturated rings. The summed E-state index contributed by atoms with van der Waals surface area (Å²) in [7, 11) is 0. The summed E-state index contributed by atoms with van der Waals surface area (Å²) in [5.41, 5.74) is 0.554.